The van der Waals surface area contributed by atoms with Gasteiger partial charge in [-0.05, 0) is 36.5 Å². The molecule has 0 amide bonds. The predicted molar refractivity (Wildman–Crippen MR) is 94.2 cm³/mol. The van der Waals surface area contributed by atoms with Gasteiger partial charge in [0, 0.05) is 6.54 Å². The molecule has 1 fully saturated rings. The number of aliphatic hydroxyl groups excluding tert-OH is 1. The number of sulfonamides is 1. The summed E-state index contributed by atoms with van der Waals surface area (Å²) in [5, 5.41) is 9.64. The van der Waals surface area contributed by atoms with Gasteiger partial charge in [0.2, 0.25) is 10.0 Å². The molecule has 1 N–H and O–H groups in total. The van der Waals surface area contributed by atoms with E-state index in [4.69, 9.17) is 11.6 Å². The number of nitrogens with zero attached hydrogens (tertiary/aromatic N) is 1. The second-order valence-electron chi connectivity index (χ2n) is 6.17. The quantitative estimate of drug-likeness (QED) is 0.796. The number of aliphatic hydroxyl groups is 1. The van der Waals surface area contributed by atoms with E-state index in [0.29, 0.717) is 0 Å². The molecule has 1 aliphatic rings. The van der Waals surface area contributed by atoms with Crippen molar-refractivity contribution in [3.8, 4) is 0 Å². The Morgan fingerprint density at radius 2 is 1.84 bits per heavy atom. The van der Waals surface area contributed by atoms with Gasteiger partial charge in [-0.3, -0.25) is 0 Å². The molecule has 1 atom stereocenters. The van der Waals surface area contributed by atoms with Gasteiger partial charge >= 0.3 is 0 Å². The van der Waals surface area contributed by atoms with Crippen molar-refractivity contribution < 1.29 is 17.9 Å². The molecule has 0 saturated heterocycles. The third-order valence-electron chi connectivity index (χ3n) is 4.39. The highest BCUT2D eigenvalue weighted by Crippen LogP contribution is 2.39. The molecule has 3 rings (SSSR count). The third kappa shape index (κ3) is 3.87. The molecule has 0 aromatic heterocycles. The van der Waals surface area contributed by atoms with Crippen LogP contribution in [0, 0.1) is 11.7 Å². The van der Waals surface area contributed by atoms with Gasteiger partial charge in [0.15, 0.2) is 0 Å². The van der Waals surface area contributed by atoms with Crippen LogP contribution in [0.5, 0.6) is 0 Å². The Bertz CT molecular complexity index is 820. The van der Waals surface area contributed by atoms with Gasteiger partial charge in [-0.15, -0.1) is 0 Å². The first-order valence-corrected chi connectivity index (χ1v) is 9.87. The molecule has 4 nitrogen and oxygen atoms in total. The molecule has 1 saturated carbocycles. The van der Waals surface area contributed by atoms with Crippen LogP contribution in [-0.2, 0) is 16.6 Å². The Morgan fingerprint density at radius 1 is 1.16 bits per heavy atom. The van der Waals surface area contributed by atoms with E-state index in [1.54, 1.807) is 24.3 Å². The van der Waals surface area contributed by atoms with Gasteiger partial charge in [0.05, 0.1) is 17.7 Å². The predicted octanol–water partition coefficient (Wildman–Crippen LogP) is 3.44. The van der Waals surface area contributed by atoms with Gasteiger partial charge in [-0.25, -0.2) is 12.8 Å². The molecule has 25 heavy (non-hydrogen) atoms. The monoisotopic (exact) mass is 383 g/mol. The summed E-state index contributed by atoms with van der Waals surface area (Å²) < 4.78 is 41.9. The molecule has 7 heteroatoms. The fraction of sp³-hybridized carbons (Fsp3) is 0.333. The number of benzene rings is 2. The Hall–Kier alpha value is -1.47. The summed E-state index contributed by atoms with van der Waals surface area (Å²) in [6.07, 6.45) is 1.69. The minimum absolute atomic E-state index is 0.0512. The van der Waals surface area contributed by atoms with Crippen molar-refractivity contribution in [3.63, 3.8) is 0 Å². The number of rotatable bonds is 7. The van der Waals surface area contributed by atoms with Crippen LogP contribution in [0.1, 0.15) is 18.4 Å². The fourth-order valence-electron chi connectivity index (χ4n) is 2.95. The van der Waals surface area contributed by atoms with E-state index in [2.05, 4.69) is 0 Å². The van der Waals surface area contributed by atoms with Crippen molar-refractivity contribution in [1.82, 2.24) is 4.31 Å². The van der Waals surface area contributed by atoms with E-state index in [0.717, 1.165) is 24.5 Å². The Labute approximate surface area is 151 Å². The summed E-state index contributed by atoms with van der Waals surface area (Å²) in [5.41, 5.74) is 0.762. The van der Waals surface area contributed by atoms with Crippen LogP contribution < -0.4 is 0 Å². The van der Waals surface area contributed by atoms with Crippen LogP contribution in [0.15, 0.2) is 53.4 Å². The van der Waals surface area contributed by atoms with E-state index >= 15 is 0 Å². The first-order valence-electron chi connectivity index (χ1n) is 8.05. The fourth-order valence-corrected chi connectivity index (χ4v) is 5.18. The van der Waals surface area contributed by atoms with Crippen LogP contribution in [0.4, 0.5) is 4.39 Å². The molecule has 2 aromatic carbocycles. The van der Waals surface area contributed by atoms with E-state index in [-0.39, 0.29) is 24.1 Å². The largest absolute Gasteiger partial charge is 0.395 e. The smallest absolute Gasteiger partial charge is 0.248 e. The molecule has 1 aliphatic carbocycles. The van der Waals surface area contributed by atoms with Crippen molar-refractivity contribution in [2.45, 2.75) is 30.3 Å². The number of hydrogen-bond donors (Lipinski definition) is 1. The summed E-state index contributed by atoms with van der Waals surface area (Å²) in [5.74, 6) is -0.813. The second kappa shape index (κ2) is 7.41. The molecular weight excluding hydrogens is 365 g/mol. The minimum Gasteiger partial charge on any atom is -0.395 e. The van der Waals surface area contributed by atoms with Gasteiger partial charge in [0.1, 0.15) is 10.7 Å². The van der Waals surface area contributed by atoms with E-state index < -0.39 is 26.8 Å². The highest BCUT2D eigenvalue weighted by atomic mass is 35.5. The maximum atomic E-state index is 14.3. The zero-order valence-electron chi connectivity index (χ0n) is 13.5. The molecule has 0 heterocycles. The molecule has 0 radical (unpaired) electrons. The van der Waals surface area contributed by atoms with Crippen molar-refractivity contribution in [2.75, 3.05) is 6.61 Å². The first kappa shape index (κ1) is 18.3. The van der Waals surface area contributed by atoms with Gasteiger partial charge in [-0.1, -0.05) is 48.0 Å². The lowest BCUT2D eigenvalue weighted by atomic mass is 10.1. The second-order valence-corrected chi connectivity index (χ2v) is 8.41. The van der Waals surface area contributed by atoms with Crippen LogP contribution in [0.2, 0.25) is 5.02 Å². The lowest BCUT2D eigenvalue weighted by molar-refractivity contribution is 0.166. The topological polar surface area (TPSA) is 57.6 Å². The van der Waals surface area contributed by atoms with E-state index in [1.165, 1.54) is 16.4 Å². The molecule has 2 aromatic rings. The summed E-state index contributed by atoms with van der Waals surface area (Å²) >= 11 is 6.00. The van der Waals surface area contributed by atoms with Crippen LogP contribution in [0.3, 0.4) is 0 Å². The normalized spacial score (nSPS) is 16.2. The Balaban J connectivity index is 2.06. The lowest BCUT2D eigenvalue weighted by Gasteiger charge is -2.30. The molecule has 134 valence electrons. The summed E-state index contributed by atoms with van der Waals surface area (Å²) in [6, 6.07) is 12.2. The van der Waals surface area contributed by atoms with E-state index in [9.17, 15) is 17.9 Å². The SMILES string of the molecule is O=S(=O)(c1c(F)cccc1Cl)N(Cc1ccccc1)C(CO)C1CC1. The van der Waals surface area contributed by atoms with Crippen LogP contribution in [0.25, 0.3) is 0 Å². The molecule has 0 bridgehead atoms. The summed E-state index contributed by atoms with van der Waals surface area (Å²) in [7, 11) is -4.21. The maximum Gasteiger partial charge on any atom is 0.248 e. The Kier molecular flexibility index (Phi) is 5.43. The van der Waals surface area contributed by atoms with Gasteiger partial charge in [-0.2, -0.15) is 4.31 Å². The molecule has 0 spiro atoms. The summed E-state index contributed by atoms with van der Waals surface area (Å²) in [4.78, 5) is -0.535. The number of halogens is 2. The van der Waals surface area contributed by atoms with Crippen molar-refractivity contribution >= 4 is 21.6 Å². The van der Waals surface area contributed by atoms with Crippen molar-refractivity contribution in [3.05, 3.63) is 64.9 Å². The number of hydrogen-bond acceptors (Lipinski definition) is 3. The molecular formula is C18H19ClFNO3S. The van der Waals surface area contributed by atoms with E-state index in [1.807, 2.05) is 6.07 Å². The standard InChI is InChI=1S/C18H19ClFNO3S/c19-15-7-4-8-16(20)18(15)25(23,24)21(17(12-22)14-9-10-14)11-13-5-2-1-3-6-13/h1-8,14,17,22H,9-12H2. The lowest BCUT2D eigenvalue weighted by Crippen LogP contribution is -2.43. The zero-order chi connectivity index (χ0) is 18.0. The van der Waals surface area contributed by atoms with Gasteiger partial charge < -0.3 is 5.11 Å². The van der Waals surface area contributed by atoms with Gasteiger partial charge in [0.25, 0.3) is 0 Å². The van der Waals surface area contributed by atoms with Crippen LogP contribution in [-0.4, -0.2) is 30.5 Å². The first-order chi connectivity index (χ1) is 11.9. The average Bonchev–Trinajstić information content (AvgIpc) is 3.40. The Morgan fingerprint density at radius 3 is 2.40 bits per heavy atom. The van der Waals surface area contributed by atoms with Crippen molar-refractivity contribution in [1.29, 1.82) is 0 Å². The molecule has 0 aliphatic heterocycles. The average molecular weight is 384 g/mol. The van der Waals surface area contributed by atoms with Crippen LogP contribution >= 0.6 is 11.6 Å². The zero-order valence-corrected chi connectivity index (χ0v) is 15.0. The highest BCUT2D eigenvalue weighted by Gasteiger charge is 2.42. The minimum atomic E-state index is -4.21. The highest BCUT2D eigenvalue weighted by molar-refractivity contribution is 7.89. The third-order valence-corrected chi connectivity index (χ3v) is 6.77. The maximum absolute atomic E-state index is 14.3. The van der Waals surface area contributed by atoms with Crippen molar-refractivity contribution in [2.24, 2.45) is 5.92 Å². The molecule has 1 unspecified atom stereocenters. The summed E-state index contributed by atoms with van der Waals surface area (Å²) in [6.45, 7) is -0.266.